The Hall–Kier alpha value is -0.120. The van der Waals surface area contributed by atoms with Crippen LogP contribution in [0.3, 0.4) is 0 Å². The Morgan fingerprint density at radius 1 is 1.06 bits per heavy atom. The maximum absolute atomic E-state index is 5.44. The van der Waals surface area contributed by atoms with E-state index in [-0.39, 0.29) is 0 Å². The van der Waals surface area contributed by atoms with E-state index in [0.29, 0.717) is 5.41 Å². The number of nitrogens with one attached hydrogen (secondary N) is 2. The van der Waals surface area contributed by atoms with Gasteiger partial charge in [-0.25, -0.2) is 0 Å². The number of hydrogen-bond donors (Lipinski definition) is 2. The van der Waals surface area contributed by atoms with E-state index in [9.17, 15) is 0 Å². The number of hydrogen-bond acceptors (Lipinski definition) is 3. The predicted octanol–water partition coefficient (Wildman–Crippen LogP) is 1.78. The van der Waals surface area contributed by atoms with Crippen LogP contribution >= 0.6 is 0 Å². The molecule has 2 fully saturated rings. The van der Waals surface area contributed by atoms with E-state index in [1.807, 2.05) is 0 Å². The van der Waals surface area contributed by atoms with Crippen LogP contribution in [-0.2, 0) is 4.74 Å². The van der Waals surface area contributed by atoms with Crippen LogP contribution in [0.5, 0.6) is 0 Å². The van der Waals surface area contributed by atoms with Crippen molar-refractivity contribution in [1.29, 1.82) is 0 Å². The molecule has 3 nitrogen and oxygen atoms in total. The quantitative estimate of drug-likeness (QED) is 0.666. The molecule has 0 aromatic heterocycles. The minimum Gasteiger partial charge on any atom is -0.381 e. The van der Waals surface area contributed by atoms with Crippen molar-refractivity contribution >= 4 is 0 Å². The Kier molecular flexibility index (Phi) is 4.83. The summed E-state index contributed by atoms with van der Waals surface area (Å²) < 4.78 is 5.44. The lowest BCUT2D eigenvalue weighted by molar-refractivity contribution is 0.0229. The van der Waals surface area contributed by atoms with Crippen molar-refractivity contribution in [2.45, 2.75) is 45.6 Å². The molecular weight excluding hydrogens is 212 g/mol. The number of rotatable bonds is 7. The largest absolute Gasteiger partial charge is 0.381 e. The van der Waals surface area contributed by atoms with E-state index in [1.54, 1.807) is 0 Å². The highest BCUT2D eigenvalue weighted by molar-refractivity contribution is 4.83. The molecule has 2 N–H and O–H groups in total. The van der Waals surface area contributed by atoms with Crippen LogP contribution < -0.4 is 10.6 Å². The lowest BCUT2D eigenvalue weighted by Crippen LogP contribution is -2.40. The maximum atomic E-state index is 5.44. The molecule has 0 amide bonds. The zero-order valence-corrected chi connectivity index (χ0v) is 11.4. The summed E-state index contributed by atoms with van der Waals surface area (Å²) in [6.45, 7) is 10.0. The van der Waals surface area contributed by atoms with E-state index in [4.69, 9.17) is 4.74 Å². The second-order valence-corrected chi connectivity index (χ2v) is 6.28. The summed E-state index contributed by atoms with van der Waals surface area (Å²) in [6.07, 6.45) is 5.23. The van der Waals surface area contributed by atoms with Crippen LogP contribution in [0.2, 0.25) is 0 Å². The lowest BCUT2D eigenvalue weighted by Gasteiger charge is -2.37. The monoisotopic (exact) mass is 240 g/mol. The van der Waals surface area contributed by atoms with Gasteiger partial charge in [-0.05, 0) is 37.0 Å². The van der Waals surface area contributed by atoms with Crippen molar-refractivity contribution in [3.8, 4) is 0 Å². The van der Waals surface area contributed by atoms with Gasteiger partial charge < -0.3 is 15.4 Å². The van der Waals surface area contributed by atoms with Crippen molar-refractivity contribution in [2.24, 2.45) is 11.3 Å². The molecule has 0 aromatic rings. The van der Waals surface area contributed by atoms with Crippen molar-refractivity contribution in [3.63, 3.8) is 0 Å². The standard InChI is InChI=1S/C14H28N2O/c1-14(2,12-5-9-17-10-6-12)11-15-7-8-16-13-3-4-13/h12-13,15-16H,3-11H2,1-2H3. The fraction of sp³-hybridized carbons (Fsp3) is 1.00. The van der Waals surface area contributed by atoms with Gasteiger partial charge in [0.1, 0.15) is 0 Å². The van der Waals surface area contributed by atoms with Gasteiger partial charge in [-0.2, -0.15) is 0 Å². The zero-order chi connectivity index (χ0) is 12.1. The SMILES string of the molecule is CC(C)(CNCCNC1CC1)C1CCOCC1. The van der Waals surface area contributed by atoms with E-state index >= 15 is 0 Å². The van der Waals surface area contributed by atoms with Crippen molar-refractivity contribution in [3.05, 3.63) is 0 Å². The minimum absolute atomic E-state index is 0.406. The minimum atomic E-state index is 0.406. The van der Waals surface area contributed by atoms with Gasteiger partial charge in [0.25, 0.3) is 0 Å². The first-order chi connectivity index (χ1) is 8.18. The third-order valence-corrected chi connectivity index (χ3v) is 4.22. The van der Waals surface area contributed by atoms with Gasteiger partial charge >= 0.3 is 0 Å². The zero-order valence-electron chi connectivity index (χ0n) is 11.4. The van der Waals surface area contributed by atoms with Crippen LogP contribution in [0.1, 0.15) is 39.5 Å². The average molecular weight is 240 g/mol. The first-order valence-electron chi connectivity index (χ1n) is 7.20. The highest BCUT2D eigenvalue weighted by atomic mass is 16.5. The molecule has 17 heavy (non-hydrogen) atoms. The van der Waals surface area contributed by atoms with Gasteiger partial charge in [0.2, 0.25) is 0 Å². The van der Waals surface area contributed by atoms with Gasteiger partial charge in [0.05, 0.1) is 0 Å². The smallest absolute Gasteiger partial charge is 0.0468 e. The van der Waals surface area contributed by atoms with E-state index in [0.717, 1.165) is 44.8 Å². The molecule has 2 rings (SSSR count). The second-order valence-electron chi connectivity index (χ2n) is 6.28. The Balaban J connectivity index is 1.57. The van der Waals surface area contributed by atoms with Gasteiger partial charge in [0.15, 0.2) is 0 Å². The summed E-state index contributed by atoms with van der Waals surface area (Å²) in [5.41, 5.74) is 0.406. The van der Waals surface area contributed by atoms with Gasteiger partial charge in [-0.3, -0.25) is 0 Å². The van der Waals surface area contributed by atoms with Crippen molar-refractivity contribution in [2.75, 3.05) is 32.8 Å². The Morgan fingerprint density at radius 3 is 2.41 bits per heavy atom. The third-order valence-electron chi connectivity index (χ3n) is 4.22. The summed E-state index contributed by atoms with van der Waals surface area (Å²) in [4.78, 5) is 0. The van der Waals surface area contributed by atoms with Crippen LogP contribution in [0.15, 0.2) is 0 Å². The molecule has 1 aliphatic carbocycles. The summed E-state index contributed by atoms with van der Waals surface area (Å²) in [5.74, 6) is 0.820. The molecule has 1 saturated carbocycles. The van der Waals surface area contributed by atoms with E-state index in [2.05, 4.69) is 24.5 Å². The Morgan fingerprint density at radius 2 is 1.76 bits per heavy atom. The normalized spacial score (nSPS) is 22.9. The first-order valence-corrected chi connectivity index (χ1v) is 7.20. The summed E-state index contributed by atoms with van der Waals surface area (Å²) >= 11 is 0. The van der Waals surface area contributed by atoms with Crippen LogP contribution in [0.4, 0.5) is 0 Å². The molecule has 0 atom stereocenters. The molecular formula is C14H28N2O. The average Bonchev–Trinajstić information content (AvgIpc) is 3.14. The molecule has 0 radical (unpaired) electrons. The highest BCUT2D eigenvalue weighted by Crippen LogP contribution is 2.33. The lowest BCUT2D eigenvalue weighted by atomic mass is 9.74. The molecule has 1 aliphatic heterocycles. The Labute approximate surface area is 106 Å². The summed E-state index contributed by atoms with van der Waals surface area (Å²) in [5, 5.41) is 7.14. The molecule has 0 bridgehead atoms. The van der Waals surface area contributed by atoms with E-state index in [1.165, 1.54) is 25.7 Å². The van der Waals surface area contributed by atoms with Gasteiger partial charge in [-0.15, -0.1) is 0 Å². The second kappa shape index (κ2) is 6.17. The molecule has 1 heterocycles. The van der Waals surface area contributed by atoms with Crippen molar-refractivity contribution in [1.82, 2.24) is 10.6 Å². The topological polar surface area (TPSA) is 33.3 Å². The molecule has 0 aromatic carbocycles. The van der Waals surface area contributed by atoms with Crippen molar-refractivity contribution < 1.29 is 4.74 Å². The summed E-state index contributed by atoms with van der Waals surface area (Å²) in [7, 11) is 0. The molecule has 2 aliphatic rings. The molecule has 0 unspecified atom stereocenters. The fourth-order valence-electron chi connectivity index (χ4n) is 2.69. The highest BCUT2D eigenvalue weighted by Gasteiger charge is 2.30. The molecule has 100 valence electrons. The van der Waals surface area contributed by atoms with Gasteiger partial charge in [0, 0.05) is 38.9 Å². The first kappa shape index (κ1) is 13.3. The van der Waals surface area contributed by atoms with Crippen LogP contribution in [-0.4, -0.2) is 38.9 Å². The van der Waals surface area contributed by atoms with Crippen LogP contribution in [0.25, 0.3) is 0 Å². The molecule has 0 spiro atoms. The third kappa shape index (κ3) is 4.57. The van der Waals surface area contributed by atoms with Crippen LogP contribution in [0, 0.1) is 11.3 Å². The number of ether oxygens (including phenoxy) is 1. The molecule has 1 saturated heterocycles. The Bertz CT molecular complexity index is 220. The van der Waals surface area contributed by atoms with Gasteiger partial charge in [-0.1, -0.05) is 13.8 Å². The maximum Gasteiger partial charge on any atom is 0.0468 e. The summed E-state index contributed by atoms with van der Waals surface area (Å²) in [6, 6.07) is 0.834. The predicted molar refractivity (Wildman–Crippen MR) is 71.2 cm³/mol. The molecule has 3 heteroatoms. The fourth-order valence-corrected chi connectivity index (χ4v) is 2.69. The van der Waals surface area contributed by atoms with E-state index < -0.39 is 0 Å².